The fraction of sp³-hybridized carbons (Fsp3) is 0.667. The Morgan fingerprint density at radius 3 is 1.17 bits per heavy atom. The molecule has 0 rings (SSSR count). The van der Waals surface area contributed by atoms with Crippen molar-refractivity contribution in [3.63, 3.8) is 0 Å². The maximum absolute atomic E-state index is 8.29. The monoisotopic (exact) mass is 371 g/mol. The Kier molecular flexibility index (Phi) is 16.6. The minimum Gasteiger partial charge on any atom is -0.311 e. The summed E-state index contributed by atoms with van der Waals surface area (Å²) in [7, 11) is 0. The molecule has 0 atom stereocenters. The van der Waals surface area contributed by atoms with Gasteiger partial charge < -0.3 is 9.69 Å². The molecular weight excluding hydrogens is 345 g/mol. The second-order valence-corrected chi connectivity index (χ2v) is 7.56. The Morgan fingerprint density at radius 2 is 1.04 bits per heavy atom. The van der Waals surface area contributed by atoms with Crippen LogP contribution >= 0.6 is 0 Å². The van der Waals surface area contributed by atoms with E-state index in [4.69, 9.17) is 23.7 Å². The molecule has 0 aromatic rings. The van der Waals surface area contributed by atoms with Gasteiger partial charge in [-0.1, -0.05) is 0 Å². The molecule has 6 heteroatoms. The van der Waals surface area contributed by atoms with Crippen molar-refractivity contribution in [1.29, 1.82) is 10.5 Å². The van der Waals surface area contributed by atoms with Crippen LogP contribution < -0.4 is 0 Å². The summed E-state index contributed by atoms with van der Waals surface area (Å²) in [5.74, 6) is 2.38. The van der Waals surface area contributed by atoms with E-state index in [9.17, 15) is 0 Å². The molecule has 0 unspecified atom stereocenters. The van der Waals surface area contributed by atoms with E-state index in [-0.39, 0.29) is 38.7 Å². The summed E-state index contributed by atoms with van der Waals surface area (Å²) < 4.78 is 0. The van der Waals surface area contributed by atoms with Gasteiger partial charge in [0.05, 0.1) is 5.54 Å². The van der Waals surface area contributed by atoms with Crippen LogP contribution in [0.25, 0.3) is 9.69 Å². The van der Waals surface area contributed by atoms with Gasteiger partial charge in [0, 0.05) is 47.4 Å². The van der Waals surface area contributed by atoms with Crippen LogP contribution in [0.3, 0.4) is 0 Å². The predicted octanol–water partition coefficient (Wildman–Crippen LogP) is 4.83. The van der Waals surface area contributed by atoms with Gasteiger partial charge in [0.2, 0.25) is 11.1 Å². The fourth-order valence-electron chi connectivity index (χ4n) is 0.299. The van der Waals surface area contributed by atoms with Crippen molar-refractivity contribution in [2.45, 2.75) is 78.9 Å². The molecule has 0 aliphatic heterocycles. The fourth-order valence-corrected chi connectivity index (χ4v) is 0.299. The van der Waals surface area contributed by atoms with Crippen LogP contribution in [-0.4, -0.2) is 22.5 Å². The van der Waals surface area contributed by atoms with Crippen molar-refractivity contribution < 1.29 is 16.5 Å². The Bertz CT molecular complexity index is 539. The normalized spacial score (nSPS) is 9.21. The molecule has 0 aliphatic rings. The summed E-state index contributed by atoms with van der Waals surface area (Å²) in [6.45, 7) is 29.9. The Balaban J connectivity index is -0.000000132. The van der Waals surface area contributed by atoms with Gasteiger partial charge in [-0.2, -0.15) is 10.5 Å². The molecule has 0 radical (unpaired) electrons. The summed E-state index contributed by atoms with van der Waals surface area (Å²) in [5, 5.41) is 16.6. The van der Waals surface area contributed by atoms with Crippen LogP contribution in [-0.2, 0) is 16.5 Å². The van der Waals surface area contributed by atoms with Gasteiger partial charge in [-0.25, -0.2) is 18.1 Å². The molecule has 0 saturated carbocycles. The van der Waals surface area contributed by atoms with E-state index in [0.717, 1.165) is 0 Å². The smallest absolute Gasteiger partial charge is 0.311 e. The number of hydrogen-bond acceptors (Lipinski definition) is 3. The van der Waals surface area contributed by atoms with Crippen molar-refractivity contribution in [1.82, 2.24) is 0 Å². The van der Waals surface area contributed by atoms with Crippen LogP contribution in [0.4, 0.5) is 0 Å². The summed E-state index contributed by atoms with van der Waals surface area (Å²) >= 11 is 0. The second-order valence-electron chi connectivity index (χ2n) is 7.56. The van der Waals surface area contributed by atoms with E-state index < -0.39 is 0 Å². The molecule has 0 bridgehead atoms. The second kappa shape index (κ2) is 13.4. The van der Waals surface area contributed by atoms with Crippen LogP contribution in [0.5, 0.6) is 0 Å². The zero-order valence-corrected chi connectivity index (χ0v) is 17.0. The number of allylic oxidation sites excluding steroid dienone is 1. The Morgan fingerprint density at radius 1 is 0.792 bits per heavy atom. The third-order valence-corrected chi connectivity index (χ3v) is 1.40. The molecule has 0 heterocycles. The van der Waals surface area contributed by atoms with Gasteiger partial charge in [-0.3, -0.25) is 0 Å². The van der Waals surface area contributed by atoms with Gasteiger partial charge in [0.1, 0.15) is 12.1 Å². The third kappa shape index (κ3) is 36.8. The zero-order chi connectivity index (χ0) is 19.3. The first-order valence-corrected chi connectivity index (χ1v) is 7.04. The SMILES string of the molecule is CC(C)(C)N=C=C(C#N)C#N.[C-]#[N+]C(C)(C)C.[C-]#[N+]C(C)(C)C.[Ni+2]. The first-order chi connectivity index (χ1) is 10.1. The molecule has 0 saturated heterocycles. The van der Waals surface area contributed by atoms with Gasteiger partial charge >= 0.3 is 16.5 Å². The number of nitriles is 2. The maximum atomic E-state index is 8.29. The van der Waals surface area contributed by atoms with E-state index in [0.29, 0.717) is 0 Å². The minimum atomic E-state index is -0.279. The number of nitrogens with zero attached hydrogens (tertiary/aromatic N) is 5. The first-order valence-electron chi connectivity index (χ1n) is 7.04. The van der Waals surface area contributed by atoms with Crippen molar-refractivity contribution in [3.05, 3.63) is 28.4 Å². The summed E-state index contributed by atoms with van der Waals surface area (Å²) in [5.41, 5.74) is -0.696. The minimum absolute atomic E-state index is 0. The van der Waals surface area contributed by atoms with E-state index in [1.807, 2.05) is 62.3 Å². The van der Waals surface area contributed by atoms with E-state index in [2.05, 4.69) is 20.6 Å². The van der Waals surface area contributed by atoms with E-state index in [1.165, 1.54) is 0 Å². The average molecular weight is 372 g/mol. The van der Waals surface area contributed by atoms with Crippen molar-refractivity contribution in [2.75, 3.05) is 0 Å². The number of rotatable bonds is 0. The molecule has 0 fully saturated rings. The van der Waals surface area contributed by atoms with Crippen molar-refractivity contribution in [3.8, 4) is 12.1 Å². The quantitative estimate of drug-likeness (QED) is 0.264. The molecule has 0 spiro atoms. The van der Waals surface area contributed by atoms with Gasteiger partial charge in [-0.15, -0.1) is 0 Å². The topological polar surface area (TPSA) is 68.7 Å². The maximum Gasteiger partial charge on any atom is 2.00 e. The summed E-state index contributed by atoms with van der Waals surface area (Å²) in [6, 6.07) is 3.35. The van der Waals surface area contributed by atoms with Crippen LogP contribution in [0.15, 0.2) is 10.6 Å². The van der Waals surface area contributed by atoms with Crippen LogP contribution in [0.2, 0.25) is 0 Å². The molecule has 0 N–H and O–H groups in total. The predicted molar refractivity (Wildman–Crippen MR) is 94.6 cm³/mol. The van der Waals surface area contributed by atoms with Gasteiger partial charge in [-0.05, 0) is 20.8 Å². The molecule has 0 aliphatic carbocycles. The molecule has 24 heavy (non-hydrogen) atoms. The van der Waals surface area contributed by atoms with E-state index in [1.54, 1.807) is 12.1 Å². The van der Waals surface area contributed by atoms with Crippen molar-refractivity contribution >= 4 is 5.87 Å². The largest absolute Gasteiger partial charge is 2.00 e. The van der Waals surface area contributed by atoms with Gasteiger partial charge in [0.25, 0.3) is 0 Å². The summed E-state index contributed by atoms with van der Waals surface area (Å²) in [4.78, 5) is 10.4. The molecule has 132 valence electrons. The number of hydrogen-bond donors (Lipinski definition) is 0. The molecule has 0 aromatic heterocycles. The third-order valence-electron chi connectivity index (χ3n) is 1.40. The molecule has 0 amide bonds. The Hall–Kier alpha value is -2.10. The summed E-state index contributed by atoms with van der Waals surface area (Å²) in [6.07, 6.45) is 0. The van der Waals surface area contributed by atoms with Crippen molar-refractivity contribution in [2.24, 2.45) is 4.99 Å². The molecular formula is C18H27N5Ni+2. The standard InChI is InChI=1S/C8H9N3.2C5H9N.Ni/c1-8(2,3)11-6-7(4-9)5-10;2*1-5(2,3)6-4;/h1-3H3;2*1-3H3;/q;;;+2. The zero-order valence-electron chi connectivity index (χ0n) is 16.1. The molecule has 0 aromatic carbocycles. The van der Waals surface area contributed by atoms with Gasteiger partial charge in [0.15, 0.2) is 5.57 Å². The van der Waals surface area contributed by atoms with E-state index >= 15 is 0 Å². The van der Waals surface area contributed by atoms with Crippen LogP contribution in [0.1, 0.15) is 62.3 Å². The van der Waals surface area contributed by atoms with Crippen LogP contribution in [0, 0.1) is 35.8 Å². The average Bonchev–Trinajstić information content (AvgIpc) is 2.38. The number of aliphatic imine (C=N–C) groups is 1. The Labute approximate surface area is 157 Å². The molecule has 5 nitrogen and oxygen atoms in total. The first kappa shape index (κ1) is 29.9.